The van der Waals surface area contributed by atoms with E-state index in [0.717, 1.165) is 0 Å². The van der Waals surface area contributed by atoms with E-state index in [4.69, 9.17) is 14.6 Å². The van der Waals surface area contributed by atoms with Gasteiger partial charge in [-0.2, -0.15) is 0 Å². The van der Waals surface area contributed by atoms with Gasteiger partial charge in [-0.05, 0) is 12.1 Å². The first kappa shape index (κ1) is 16.4. The number of carbonyl (C=O) groups is 3. The van der Waals surface area contributed by atoms with E-state index in [0.29, 0.717) is 0 Å². The van der Waals surface area contributed by atoms with Crippen molar-refractivity contribution in [3.63, 3.8) is 0 Å². The molecule has 8 heteroatoms. The molecular formula is C13H16N2O6. The Morgan fingerprint density at radius 2 is 2.14 bits per heavy atom. The molecule has 0 spiro atoms. The Morgan fingerprint density at radius 1 is 1.43 bits per heavy atom. The number of carboxylic acid groups (broad SMARTS) is 1. The lowest BCUT2D eigenvalue weighted by Gasteiger charge is -2.15. The van der Waals surface area contributed by atoms with Crippen LogP contribution in [0.15, 0.2) is 18.3 Å². The molecule has 0 aromatic carbocycles. The minimum Gasteiger partial charge on any atom is -0.494 e. The maximum atomic E-state index is 12.0. The second-order valence-electron chi connectivity index (χ2n) is 3.96. The fourth-order valence-electron chi connectivity index (χ4n) is 1.41. The molecule has 8 nitrogen and oxygen atoms in total. The number of aromatic nitrogens is 1. The second-order valence-corrected chi connectivity index (χ2v) is 3.96. The van der Waals surface area contributed by atoms with Crippen LogP contribution in [0.25, 0.3) is 0 Å². The quantitative estimate of drug-likeness (QED) is 0.692. The van der Waals surface area contributed by atoms with Gasteiger partial charge in [0.15, 0.2) is 11.7 Å². The van der Waals surface area contributed by atoms with Crippen LogP contribution >= 0.6 is 0 Å². The predicted octanol–water partition coefficient (Wildman–Crippen LogP) is 0.226. The molecule has 1 atom stereocenters. The molecule has 0 aliphatic carbocycles. The normalized spacial score (nSPS) is 11.3. The SMILES string of the molecule is CCC(=O)OC[C@H](NC(=O)c1ncccc1OC)C(=O)O. The predicted molar refractivity (Wildman–Crippen MR) is 70.9 cm³/mol. The van der Waals surface area contributed by atoms with Crippen molar-refractivity contribution in [2.24, 2.45) is 0 Å². The van der Waals surface area contributed by atoms with Crippen LogP contribution < -0.4 is 10.1 Å². The van der Waals surface area contributed by atoms with E-state index in [1.165, 1.54) is 19.4 Å². The van der Waals surface area contributed by atoms with E-state index in [1.54, 1.807) is 13.0 Å². The first-order valence-corrected chi connectivity index (χ1v) is 6.17. The van der Waals surface area contributed by atoms with Crippen molar-refractivity contribution in [3.05, 3.63) is 24.0 Å². The molecule has 1 aromatic heterocycles. The number of methoxy groups -OCH3 is 1. The molecule has 0 saturated carbocycles. The summed E-state index contributed by atoms with van der Waals surface area (Å²) < 4.78 is 9.69. The third kappa shape index (κ3) is 4.75. The van der Waals surface area contributed by atoms with Crippen molar-refractivity contribution in [1.82, 2.24) is 10.3 Å². The third-order valence-corrected chi connectivity index (χ3v) is 2.51. The van der Waals surface area contributed by atoms with Crippen LogP contribution in [0.3, 0.4) is 0 Å². The highest BCUT2D eigenvalue weighted by molar-refractivity contribution is 5.97. The summed E-state index contributed by atoms with van der Waals surface area (Å²) in [5.41, 5.74) is -0.0481. The minimum absolute atomic E-state index is 0.0481. The maximum Gasteiger partial charge on any atom is 0.329 e. The summed E-state index contributed by atoms with van der Waals surface area (Å²) in [5, 5.41) is 11.3. The van der Waals surface area contributed by atoms with E-state index in [2.05, 4.69) is 10.3 Å². The largest absolute Gasteiger partial charge is 0.494 e. The summed E-state index contributed by atoms with van der Waals surface area (Å²) in [7, 11) is 1.37. The van der Waals surface area contributed by atoms with E-state index < -0.39 is 30.5 Å². The van der Waals surface area contributed by atoms with Crippen LogP contribution in [0, 0.1) is 0 Å². The smallest absolute Gasteiger partial charge is 0.329 e. The summed E-state index contributed by atoms with van der Waals surface area (Å²) in [5.74, 6) is -2.38. The highest BCUT2D eigenvalue weighted by atomic mass is 16.5. The van der Waals surface area contributed by atoms with Crippen molar-refractivity contribution < 1.29 is 29.0 Å². The number of amides is 1. The van der Waals surface area contributed by atoms with Gasteiger partial charge < -0.3 is 19.9 Å². The van der Waals surface area contributed by atoms with Gasteiger partial charge in [-0.25, -0.2) is 9.78 Å². The number of ether oxygens (including phenoxy) is 2. The topological polar surface area (TPSA) is 115 Å². The summed E-state index contributed by atoms with van der Waals surface area (Å²) in [6, 6.07) is 1.74. The lowest BCUT2D eigenvalue weighted by atomic mass is 10.2. The van der Waals surface area contributed by atoms with E-state index >= 15 is 0 Å². The van der Waals surface area contributed by atoms with E-state index in [9.17, 15) is 14.4 Å². The first-order chi connectivity index (χ1) is 9.99. The number of esters is 1. The molecule has 114 valence electrons. The Balaban J connectivity index is 2.76. The van der Waals surface area contributed by atoms with Crippen LogP contribution in [-0.2, 0) is 14.3 Å². The van der Waals surface area contributed by atoms with Crippen molar-refractivity contribution in [3.8, 4) is 5.75 Å². The van der Waals surface area contributed by atoms with Gasteiger partial charge in [0.25, 0.3) is 5.91 Å². The van der Waals surface area contributed by atoms with Gasteiger partial charge in [0.1, 0.15) is 12.4 Å². The summed E-state index contributed by atoms with van der Waals surface area (Å²) >= 11 is 0. The van der Waals surface area contributed by atoms with Crippen LogP contribution in [0.1, 0.15) is 23.8 Å². The molecule has 1 rings (SSSR count). The average Bonchev–Trinajstić information content (AvgIpc) is 2.50. The molecule has 0 radical (unpaired) electrons. The summed E-state index contributed by atoms with van der Waals surface area (Å²) in [4.78, 5) is 37.9. The van der Waals surface area contributed by atoms with Crippen molar-refractivity contribution >= 4 is 17.8 Å². The molecule has 0 unspecified atom stereocenters. The minimum atomic E-state index is -1.36. The number of hydrogen-bond acceptors (Lipinski definition) is 6. The molecule has 0 fully saturated rings. The van der Waals surface area contributed by atoms with Crippen LogP contribution in [-0.4, -0.2) is 47.7 Å². The highest BCUT2D eigenvalue weighted by Crippen LogP contribution is 2.14. The number of carboxylic acids is 1. The number of hydrogen-bond donors (Lipinski definition) is 2. The van der Waals surface area contributed by atoms with Gasteiger partial charge in [-0.15, -0.1) is 0 Å². The number of nitrogens with one attached hydrogen (secondary N) is 1. The van der Waals surface area contributed by atoms with Gasteiger partial charge in [0.05, 0.1) is 7.11 Å². The molecule has 2 N–H and O–H groups in total. The third-order valence-electron chi connectivity index (χ3n) is 2.51. The highest BCUT2D eigenvalue weighted by Gasteiger charge is 2.24. The Labute approximate surface area is 121 Å². The van der Waals surface area contributed by atoms with Gasteiger partial charge >= 0.3 is 11.9 Å². The number of nitrogens with zero attached hydrogens (tertiary/aromatic N) is 1. The van der Waals surface area contributed by atoms with Gasteiger partial charge in [-0.3, -0.25) is 9.59 Å². The molecule has 1 amide bonds. The van der Waals surface area contributed by atoms with E-state index in [1.807, 2.05) is 0 Å². The van der Waals surface area contributed by atoms with Gasteiger partial charge in [0, 0.05) is 12.6 Å². The fraction of sp³-hybridized carbons (Fsp3) is 0.385. The van der Waals surface area contributed by atoms with Crippen LogP contribution in [0.2, 0.25) is 0 Å². The lowest BCUT2D eigenvalue weighted by molar-refractivity contribution is -0.148. The number of pyridine rings is 1. The molecule has 21 heavy (non-hydrogen) atoms. The number of carbonyl (C=O) groups excluding carboxylic acids is 2. The first-order valence-electron chi connectivity index (χ1n) is 6.17. The molecule has 1 aromatic rings. The number of aliphatic carboxylic acids is 1. The number of rotatable bonds is 7. The van der Waals surface area contributed by atoms with Crippen LogP contribution in [0.4, 0.5) is 0 Å². The maximum absolute atomic E-state index is 12.0. The molecule has 0 aliphatic rings. The zero-order chi connectivity index (χ0) is 15.8. The molecular weight excluding hydrogens is 280 g/mol. The zero-order valence-corrected chi connectivity index (χ0v) is 11.7. The standard InChI is InChI=1S/C13H16N2O6/c1-3-10(16)21-7-8(13(18)19)15-12(17)11-9(20-2)5-4-6-14-11/h4-6,8H,3,7H2,1-2H3,(H,15,17)(H,18,19)/t8-/m0/s1. The van der Waals surface area contributed by atoms with Crippen LogP contribution in [0.5, 0.6) is 5.75 Å². The van der Waals surface area contributed by atoms with E-state index in [-0.39, 0.29) is 17.9 Å². The Kier molecular flexibility index (Phi) is 6.12. The molecule has 0 bridgehead atoms. The monoisotopic (exact) mass is 296 g/mol. The average molecular weight is 296 g/mol. The molecule has 0 saturated heterocycles. The molecule has 0 aliphatic heterocycles. The Hall–Kier alpha value is -2.64. The Bertz CT molecular complexity index is 531. The van der Waals surface area contributed by atoms with Gasteiger partial charge in [0.2, 0.25) is 0 Å². The van der Waals surface area contributed by atoms with Crippen molar-refractivity contribution in [2.75, 3.05) is 13.7 Å². The summed E-state index contributed by atoms with van der Waals surface area (Å²) in [6.07, 6.45) is 1.50. The van der Waals surface area contributed by atoms with Gasteiger partial charge in [-0.1, -0.05) is 6.92 Å². The van der Waals surface area contributed by atoms with Crippen molar-refractivity contribution in [2.45, 2.75) is 19.4 Å². The second kappa shape index (κ2) is 7.83. The lowest BCUT2D eigenvalue weighted by Crippen LogP contribution is -2.44. The zero-order valence-electron chi connectivity index (χ0n) is 11.7. The Morgan fingerprint density at radius 3 is 2.71 bits per heavy atom. The van der Waals surface area contributed by atoms with Crippen molar-refractivity contribution in [1.29, 1.82) is 0 Å². The summed E-state index contributed by atoms with van der Waals surface area (Å²) in [6.45, 7) is 1.12. The molecule has 1 heterocycles. The fourth-order valence-corrected chi connectivity index (χ4v) is 1.41.